The number of nitrogens with zero attached hydrogens (tertiary/aromatic N) is 3. The van der Waals surface area contributed by atoms with Gasteiger partial charge in [0, 0.05) is 24.8 Å². The summed E-state index contributed by atoms with van der Waals surface area (Å²) in [5.74, 6) is 2.11. The van der Waals surface area contributed by atoms with Gasteiger partial charge in [-0.15, -0.1) is 0 Å². The molecular weight excluding hydrogens is 364 g/mol. The second-order valence-corrected chi connectivity index (χ2v) is 7.06. The molecule has 0 aliphatic carbocycles. The molecule has 0 bridgehead atoms. The maximum Gasteiger partial charge on any atom is 0.272 e. The molecule has 0 unspecified atom stereocenters. The van der Waals surface area contributed by atoms with Crippen molar-refractivity contribution in [3.8, 4) is 11.5 Å². The molecule has 2 heterocycles. The summed E-state index contributed by atoms with van der Waals surface area (Å²) in [4.78, 5) is 23.1. The Bertz CT molecular complexity index is 937. The van der Waals surface area contributed by atoms with Crippen LogP contribution in [0.1, 0.15) is 36.2 Å². The van der Waals surface area contributed by atoms with Crippen molar-refractivity contribution in [2.75, 3.05) is 18.4 Å². The summed E-state index contributed by atoms with van der Waals surface area (Å²) in [5, 5.41) is 3.23. The van der Waals surface area contributed by atoms with Gasteiger partial charge in [0.1, 0.15) is 29.3 Å². The Morgan fingerprint density at radius 3 is 2.28 bits per heavy atom. The molecule has 3 aromatic rings. The first-order valence-electron chi connectivity index (χ1n) is 9.99. The van der Waals surface area contributed by atoms with E-state index in [0.717, 1.165) is 43.1 Å². The van der Waals surface area contributed by atoms with E-state index in [4.69, 9.17) is 4.74 Å². The monoisotopic (exact) mass is 388 g/mol. The fraction of sp³-hybridized carbons (Fsp3) is 0.261. The highest BCUT2D eigenvalue weighted by molar-refractivity contribution is 5.93. The van der Waals surface area contributed by atoms with Crippen LogP contribution in [0.25, 0.3) is 0 Å². The minimum atomic E-state index is -0.0241. The van der Waals surface area contributed by atoms with Crippen molar-refractivity contribution in [2.45, 2.75) is 25.7 Å². The molecule has 6 nitrogen and oxygen atoms in total. The van der Waals surface area contributed by atoms with Gasteiger partial charge in [0.05, 0.1) is 0 Å². The van der Waals surface area contributed by atoms with Crippen molar-refractivity contribution in [3.05, 3.63) is 72.7 Å². The molecule has 0 radical (unpaired) electrons. The maximum atomic E-state index is 12.8. The molecule has 4 rings (SSSR count). The van der Waals surface area contributed by atoms with Crippen LogP contribution in [0.2, 0.25) is 0 Å². The van der Waals surface area contributed by atoms with Gasteiger partial charge in [-0.05, 0) is 49.2 Å². The number of nitrogens with one attached hydrogen (secondary N) is 1. The predicted octanol–water partition coefficient (Wildman–Crippen LogP) is 5.03. The van der Waals surface area contributed by atoms with E-state index in [1.165, 1.54) is 19.2 Å². The molecule has 1 N–H and O–H groups in total. The number of rotatable bonds is 5. The number of carbonyl (C=O) groups excluding carboxylic acids is 1. The van der Waals surface area contributed by atoms with Crippen molar-refractivity contribution < 1.29 is 9.53 Å². The van der Waals surface area contributed by atoms with Crippen LogP contribution in [0, 0.1) is 0 Å². The topological polar surface area (TPSA) is 67.3 Å². The minimum Gasteiger partial charge on any atom is -0.457 e. The number of likely N-dealkylation sites (tertiary alicyclic amines) is 1. The Morgan fingerprint density at radius 1 is 0.862 bits per heavy atom. The second kappa shape index (κ2) is 9.19. The van der Waals surface area contributed by atoms with Gasteiger partial charge in [0.2, 0.25) is 0 Å². The summed E-state index contributed by atoms with van der Waals surface area (Å²) in [6, 6.07) is 19.0. The third kappa shape index (κ3) is 5.10. The third-order valence-electron chi connectivity index (χ3n) is 4.89. The van der Waals surface area contributed by atoms with Gasteiger partial charge in [-0.3, -0.25) is 4.79 Å². The number of carbonyl (C=O) groups is 1. The van der Waals surface area contributed by atoms with Crippen molar-refractivity contribution in [1.82, 2.24) is 14.9 Å². The van der Waals surface area contributed by atoms with E-state index < -0.39 is 0 Å². The average molecular weight is 388 g/mol. The first-order chi connectivity index (χ1) is 14.3. The molecule has 0 saturated carbocycles. The standard InChI is InChI=1S/C23H24N4O2/c28-23(27-14-6-1-2-7-15-27)21-16-22(25-17-24-21)26-18-10-12-20(13-11-18)29-19-8-4-3-5-9-19/h3-5,8-13,16-17H,1-2,6-7,14-15H2,(H,24,25,26). The van der Waals surface area contributed by atoms with Crippen LogP contribution in [0.15, 0.2) is 67.0 Å². The van der Waals surface area contributed by atoms with Crippen LogP contribution in [0.5, 0.6) is 11.5 Å². The zero-order valence-corrected chi connectivity index (χ0v) is 16.3. The van der Waals surface area contributed by atoms with Gasteiger partial charge in [-0.1, -0.05) is 31.0 Å². The molecule has 6 heteroatoms. The lowest BCUT2D eigenvalue weighted by atomic mass is 10.2. The molecule has 1 aromatic heterocycles. The molecule has 1 aliphatic heterocycles. The van der Waals surface area contributed by atoms with E-state index in [-0.39, 0.29) is 5.91 Å². The Hall–Kier alpha value is -3.41. The molecular formula is C23H24N4O2. The Kier molecular flexibility index (Phi) is 6.00. The molecule has 29 heavy (non-hydrogen) atoms. The van der Waals surface area contributed by atoms with Crippen LogP contribution in [0.4, 0.5) is 11.5 Å². The maximum absolute atomic E-state index is 12.8. The highest BCUT2D eigenvalue weighted by atomic mass is 16.5. The zero-order valence-electron chi connectivity index (χ0n) is 16.3. The Morgan fingerprint density at radius 2 is 1.55 bits per heavy atom. The normalized spacial score (nSPS) is 14.1. The highest BCUT2D eigenvalue weighted by Gasteiger charge is 2.19. The Balaban J connectivity index is 1.41. The zero-order chi connectivity index (χ0) is 19.9. The van der Waals surface area contributed by atoms with Crippen molar-refractivity contribution in [1.29, 1.82) is 0 Å². The quantitative estimate of drug-likeness (QED) is 0.664. The van der Waals surface area contributed by atoms with E-state index in [1.54, 1.807) is 6.07 Å². The van der Waals surface area contributed by atoms with E-state index >= 15 is 0 Å². The number of hydrogen-bond acceptors (Lipinski definition) is 5. The molecule has 2 aromatic carbocycles. The molecule has 148 valence electrons. The number of amides is 1. The highest BCUT2D eigenvalue weighted by Crippen LogP contribution is 2.24. The number of anilines is 2. The molecule has 1 fully saturated rings. The van der Waals surface area contributed by atoms with E-state index in [9.17, 15) is 4.79 Å². The Labute approximate surface area is 170 Å². The number of aromatic nitrogens is 2. The van der Waals surface area contributed by atoms with Gasteiger partial charge in [-0.25, -0.2) is 9.97 Å². The van der Waals surface area contributed by atoms with E-state index in [1.807, 2.05) is 59.5 Å². The van der Waals surface area contributed by atoms with Crippen LogP contribution >= 0.6 is 0 Å². The molecule has 1 amide bonds. The molecule has 1 saturated heterocycles. The lowest BCUT2D eigenvalue weighted by Crippen LogP contribution is -2.32. The fourth-order valence-electron chi connectivity index (χ4n) is 3.36. The smallest absolute Gasteiger partial charge is 0.272 e. The second-order valence-electron chi connectivity index (χ2n) is 7.06. The lowest BCUT2D eigenvalue weighted by Gasteiger charge is -2.19. The van der Waals surface area contributed by atoms with Crippen LogP contribution < -0.4 is 10.1 Å². The summed E-state index contributed by atoms with van der Waals surface area (Å²) in [5.41, 5.74) is 1.28. The SMILES string of the molecule is O=C(c1cc(Nc2ccc(Oc3ccccc3)cc2)ncn1)N1CCCCCC1. The summed E-state index contributed by atoms with van der Waals surface area (Å²) in [6.07, 6.45) is 5.91. The van der Waals surface area contributed by atoms with Crippen LogP contribution in [-0.4, -0.2) is 33.9 Å². The van der Waals surface area contributed by atoms with Crippen molar-refractivity contribution >= 4 is 17.4 Å². The number of ether oxygens (including phenoxy) is 1. The van der Waals surface area contributed by atoms with Crippen molar-refractivity contribution in [2.24, 2.45) is 0 Å². The average Bonchev–Trinajstić information content (AvgIpc) is 3.05. The summed E-state index contributed by atoms with van der Waals surface area (Å²) in [6.45, 7) is 1.60. The van der Waals surface area contributed by atoms with Gasteiger partial charge < -0.3 is 15.0 Å². The summed E-state index contributed by atoms with van der Waals surface area (Å²) in [7, 11) is 0. The van der Waals surface area contributed by atoms with E-state index in [2.05, 4.69) is 15.3 Å². The van der Waals surface area contributed by atoms with Gasteiger partial charge in [0.25, 0.3) is 5.91 Å². The summed E-state index contributed by atoms with van der Waals surface area (Å²) >= 11 is 0. The fourth-order valence-corrected chi connectivity index (χ4v) is 3.36. The van der Waals surface area contributed by atoms with Gasteiger partial charge in [0.15, 0.2) is 0 Å². The number of para-hydroxylation sites is 1. The number of hydrogen-bond donors (Lipinski definition) is 1. The first-order valence-corrected chi connectivity index (χ1v) is 9.99. The van der Waals surface area contributed by atoms with Crippen molar-refractivity contribution in [3.63, 3.8) is 0 Å². The minimum absolute atomic E-state index is 0.0241. The molecule has 1 aliphatic rings. The van der Waals surface area contributed by atoms with E-state index in [0.29, 0.717) is 11.5 Å². The summed E-state index contributed by atoms with van der Waals surface area (Å²) < 4.78 is 5.81. The van der Waals surface area contributed by atoms with Gasteiger partial charge >= 0.3 is 0 Å². The predicted molar refractivity (Wildman–Crippen MR) is 113 cm³/mol. The lowest BCUT2D eigenvalue weighted by molar-refractivity contribution is 0.0755. The molecule has 0 spiro atoms. The van der Waals surface area contributed by atoms with Gasteiger partial charge in [-0.2, -0.15) is 0 Å². The number of benzene rings is 2. The first kappa shape index (κ1) is 18.9. The largest absolute Gasteiger partial charge is 0.457 e. The molecule has 0 atom stereocenters. The van der Waals surface area contributed by atoms with Crippen LogP contribution in [0.3, 0.4) is 0 Å². The third-order valence-corrected chi connectivity index (χ3v) is 4.89. The van der Waals surface area contributed by atoms with Crippen LogP contribution in [-0.2, 0) is 0 Å².